The van der Waals surface area contributed by atoms with E-state index in [1.165, 1.54) is 0 Å². The van der Waals surface area contributed by atoms with Gasteiger partial charge in [0.25, 0.3) is 5.91 Å². The molecule has 1 saturated heterocycles. The molecule has 2 aromatic carbocycles. The summed E-state index contributed by atoms with van der Waals surface area (Å²) < 4.78 is 18.8. The molecule has 1 fully saturated rings. The first-order valence-corrected chi connectivity index (χ1v) is 10.8. The predicted molar refractivity (Wildman–Crippen MR) is 121 cm³/mol. The van der Waals surface area contributed by atoms with Gasteiger partial charge >= 0.3 is 0 Å². The summed E-state index contributed by atoms with van der Waals surface area (Å²) in [5.74, 6) is 0.988. The Morgan fingerprint density at radius 3 is 2.58 bits per heavy atom. The van der Waals surface area contributed by atoms with Crippen molar-refractivity contribution in [2.75, 3.05) is 51.4 Å². The number of fused-ring (bicyclic) bond motifs is 1. The van der Waals surface area contributed by atoms with Crippen molar-refractivity contribution in [1.82, 2.24) is 9.47 Å². The molecule has 1 amide bonds. The largest absolute Gasteiger partial charge is 0.490 e. The topological polar surface area (TPSA) is 65.0 Å². The molecule has 1 aliphatic rings. The summed E-state index contributed by atoms with van der Waals surface area (Å²) in [6.45, 7) is 7.93. The molecule has 1 N–H and O–H groups in total. The molecule has 4 rings (SSSR count). The molecule has 164 valence electrons. The number of carbonyl (C=O) groups is 1. The molecule has 0 atom stereocenters. The van der Waals surface area contributed by atoms with E-state index >= 15 is 0 Å². The monoisotopic (exact) mass is 423 g/mol. The summed E-state index contributed by atoms with van der Waals surface area (Å²) in [4.78, 5) is 14.8. The summed E-state index contributed by atoms with van der Waals surface area (Å²) in [6, 6.07) is 15.4. The Balaban J connectivity index is 1.33. The van der Waals surface area contributed by atoms with Gasteiger partial charge in [-0.15, -0.1) is 0 Å². The van der Waals surface area contributed by atoms with Crippen LogP contribution in [0, 0.1) is 0 Å². The lowest BCUT2D eigenvalue weighted by molar-refractivity contribution is -0.118. The second-order valence-electron chi connectivity index (χ2n) is 7.45. The molecule has 7 nitrogen and oxygen atoms in total. The number of nitrogens with one attached hydrogen (secondary N) is 1. The van der Waals surface area contributed by atoms with Gasteiger partial charge in [-0.1, -0.05) is 12.1 Å². The van der Waals surface area contributed by atoms with E-state index in [0.717, 1.165) is 56.0 Å². The van der Waals surface area contributed by atoms with Gasteiger partial charge in [-0.2, -0.15) is 0 Å². The van der Waals surface area contributed by atoms with Gasteiger partial charge in [0.05, 0.1) is 19.8 Å². The quantitative estimate of drug-likeness (QED) is 0.572. The third-order valence-corrected chi connectivity index (χ3v) is 5.32. The van der Waals surface area contributed by atoms with E-state index in [-0.39, 0.29) is 12.5 Å². The maximum absolute atomic E-state index is 12.4. The number of carbonyl (C=O) groups excluding carboxylic acids is 1. The van der Waals surface area contributed by atoms with Crippen LogP contribution in [0.5, 0.6) is 11.5 Å². The molecular formula is C24H29N3O4. The minimum Gasteiger partial charge on any atom is -0.490 e. The highest BCUT2D eigenvalue weighted by Gasteiger charge is 2.12. The average molecular weight is 424 g/mol. The first kappa shape index (κ1) is 21.2. The van der Waals surface area contributed by atoms with Crippen molar-refractivity contribution in [3.63, 3.8) is 0 Å². The highest BCUT2D eigenvalue weighted by Crippen LogP contribution is 2.26. The maximum Gasteiger partial charge on any atom is 0.262 e. The number of hydrogen-bond donors (Lipinski definition) is 1. The van der Waals surface area contributed by atoms with Crippen LogP contribution < -0.4 is 14.8 Å². The van der Waals surface area contributed by atoms with E-state index in [0.29, 0.717) is 18.1 Å². The summed E-state index contributed by atoms with van der Waals surface area (Å²) in [5, 5.41) is 4.01. The third-order valence-electron chi connectivity index (χ3n) is 5.32. The summed E-state index contributed by atoms with van der Waals surface area (Å²) in [7, 11) is 0. The Morgan fingerprint density at radius 1 is 1.03 bits per heavy atom. The van der Waals surface area contributed by atoms with Gasteiger partial charge in [-0.3, -0.25) is 9.69 Å². The Kier molecular flexibility index (Phi) is 7.07. The molecule has 1 aliphatic heterocycles. The highest BCUT2D eigenvalue weighted by atomic mass is 16.5. The van der Waals surface area contributed by atoms with Gasteiger partial charge in [0.15, 0.2) is 18.1 Å². The van der Waals surface area contributed by atoms with Crippen molar-refractivity contribution in [3.8, 4) is 11.5 Å². The van der Waals surface area contributed by atoms with Crippen LogP contribution in [0.25, 0.3) is 10.9 Å². The van der Waals surface area contributed by atoms with E-state index in [4.69, 9.17) is 14.2 Å². The van der Waals surface area contributed by atoms with Gasteiger partial charge in [-0.05, 0) is 43.3 Å². The molecular weight excluding hydrogens is 394 g/mol. The summed E-state index contributed by atoms with van der Waals surface area (Å²) >= 11 is 0. The molecule has 7 heteroatoms. The number of anilines is 1. The van der Waals surface area contributed by atoms with Gasteiger partial charge in [0, 0.05) is 49.0 Å². The van der Waals surface area contributed by atoms with Crippen LogP contribution in [0.4, 0.5) is 5.69 Å². The van der Waals surface area contributed by atoms with E-state index in [1.54, 1.807) is 6.07 Å². The Labute approximate surface area is 182 Å². The lowest BCUT2D eigenvalue weighted by atomic mass is 10.2. The molecule has 0 radical (unpaired) electrons. The average Bonchev–Trinajstić information content (AvgIpc) is 3.20. The van der Waals surface area contributed by atoms with Gasteiger partial charge in [0.2, 0.25) is 0 Å². The molecule has 31 heavy (non-hydrogen) atoms. The molecule has 3 aromatic rings. The van der Waals surface area contributed by atoms with Crippen LogP contribution in [-0.2, 0) is 16.1 Å². The molecule has 0 bridgehead atoms. The molecule has 0 aliphatic carbocycles. The molecule has 0 spiro atoms. The Hall–Kier alpha value is -3.03. The zero-order chi connectivity index (χ0) is 21.5. The first-order valence-electron chi connectivity index (χ1n) is 10.8. The number of rotatable bonds is 9. The van der Waals surface area contributed by atoms with Crippen molar-refractivity contribution in [3.05, 3.63) is 54.7 Å². The van der Waals surface area contributed by atoms with Gasteiger partial charge < -0.3 is 24.1 Å². The van der Waals surface area contributed by atoms with E-state index < -0.39 is 0 Å². The minimum absolute atomic E-state index is 0.0807. The zero-order valence-corrected chi connectivity index (χ0v) is 17.9. The van der Waals surface area contributed by atoms with Crippen LogP contribution in [0.2, 0.25) is 0 Å². The lowest BCUT2D eigenvalue weighted by Crippen LogP contribution is -2.38. The smallest absolute Gasteiger partial charge is 0.262 e. The number of aromatic nitrogens is 1. The number of hydrogen-bond acceptors (Lipinski definition) is 5. The normalized spacial score (nSPS) is 14.5. The van der Waals surface area contributed by atoms with E-state index in [9.17, 15) is 4.79 Å². The van der Waals surface area contributed by atoms with Crippen molar-refractivity contribution in [1.29, 1.82) is 0 Å². The molecule has 1 aromatic heterocycles. The van der Waals surface area contributed by atoms with Gasteiger partial charge in [0.1, 0.15) is 0 Å². The molecule has 0 saturated carbocycles. The lowest BCUT2D eigenvalue weighted by Gasteiger charge is -2.26. The minimum atomic E-state index is -0.211. The Bertz CT molecular complexity index is 1010. The van der Waals surface area contributed by atoms with Crippen LogP contribution >= 0.6 is 0 Å². The fraction of sp³-hybridized carbons (Fsp3) is 0.375. The second kappa shape index (κ2) is 10.3. The summed E-state index contributed by atoms with van der Waals surface area (Å²) in [6.07, 6.45) is 2.10. The van der Waals surface area contributed by atoms with Crippen molar-refractivity contribution in [2.24, 2.45) is 0 Å². The van der Waals surface area contributed by atoms with Crippen molar-refractivity contribution >= 4 is 22.5 Å². The van der Waals surface area contributed by atoms with E-state index in [2.05, 4.69) is 33.1 Å². The number of ether oxygens (including phenoxy) is 3. The number of benzene rings is 2. The SMILES string of the molecule is CCOc1ccccc1OCC(=O)Nc1ccc2c(ccn2CCN2CCOCC2)c1. The summed E-state index contributed by atoms with van der Waals surface area (Å²) in [5.41, 5.74) is 1.92. The van der Waals surface area contributed by atoms with Crippen LogP contribution in [0.3, 0.4) is 0 Å². The molecule has 2 heterocycles. The first-order chi connectivity index (χ1) is 15.2. The van der Waals surface area contributed by atoms with Crippen LogP contribution in [-0.4, -0.2) is 61.4 Å². The Morgan fingerprint density at radius 2 is 1.81 bits per heavy atom. The highest BCUT2D eigenvalue weighted by molar-refractivity contribution is 5.94. The number of morpholine rings is 1. The van der Waals surface area contributed by atoms with Crippen LogP contribution in [0.1, 0.15) is 6.92 Å². The van der Waals surface area contributed by atoms with Crippen molar-refractivity contribution < 1.29 is 19.0 Å². The maximum atomic E-state index is 12.4. The standard InChI is InChI=1S/C24H29N3O4/c1-2-30-22-5-3-4-6-23(22)31-18-24(28)25-20-7-8-21-19(17-20)9-10-27(21)12-11-26-13-15-29-16-14-26/h3-10,17H,2,11-16,18H2,1H3,(H,25,28). The fourth-order valence-corrected chi connectivity index (χ4v) is 3.73. The fourth-order valence-electron chi connectivity index (χ4n) is 3.73. The van der Waals surface area contributed by atoms with Gasteiger partial charge in [-0.25, -0.2) is 0 Å². The third kappa shape index (κ3) is 5.57. The number of nitrogens with zero attached hydrogens (tertiary/aromatic N) is 2. The molecule has 0 unspecified atom stereocenters. The van der Waals surface area contributed by atoms with Crippen molar-refractivity contribution in [2.45, 2.75) is 13.5 Å². The van der Waals surface area contributed by atoms with Crippen LogP contribution in [0.15, 0.2) is 54.7 Å². The second-order valence-corrected chi connectivity index (χ2v) is 7.45. The number of para-hydroxylation sites is 2. The predicted octanol–water partition coefficient (Wildman–Crippen LogP) is 3.39. The van der Waals surface area contributed by atoms with E-state index in [1.807, 2.05) is 37.3 Å². The number of amides is 1. The zero-order valence-electron chi connectivity index (χ0n) is 17.9.